The van der Waals surface area contributed by atoms with Gasteiger partial charge in [-0.15, -0.1) is 11.8 Å². The Morgan fingerprint density at radius 2 is 1.78 bits per heavy atom. The van der Waals surface area contributed by atoms with Crippen molar-refractivity contribution >= 4 is 31.0 Å². The van der Waals surface area contributed by atoms with Crippen molar-refractivity contribution in [3.05, 3.63) is 42.0 Å². The van der Waals surface area contributed by atoms with Crippen LogP contribution in [0.1, 0.15) is 26.3 Å². The summed E-state index contributed by atoms with van der Waals surface area (Å²) in [4.78, 5) is 3.56. The van der Waals surface area contributed by atoms with Crippen LogP contribution in [-0.2, 0) is 12.3 Å². The summed E-state index contributed by atoms with van der Waals surface area (Å²) >= 11 is 1.92. The van der Waals surface area contributed by atoms with E-state index in [9.17, 15) is 0 Å². The van der Waals surface area contributed by atoms with Gasteiger partial charge in [-0.2, -0.15) is 0 Å². The third-order valence-corrected chi connectivity index (χ3v) is 12.3. The number of likely N-dealkylation sites (N-methyl/N-ethyl adjacent to an activating group) is 1. The van der Waals surface area contributed by atoms with Crippen LogP contribution in [0.5, 0.6) is 11.5 Å². The molecule has 6 heteroatoms. The van der Waals surface area contributed by atoms with Crippen LogP contribution in [-0.4, -0.2) is 45.5 Å². The van der Waals surface area contributed by atoms with E-state index in [1.54, 1.807) is 7.11 Å². The van der Waals surface area contributed by atoms with Crippen LogP contribution in [0.25, 0.3) is 22.2 Å². The van der Waals surface area contributed by atoms with Gasteiger partial charge in [0.15, 0.2) is 0 Å². The summed E-state index contributed by atoms with van der Waals surface area (Å²) in [5.74, 6) is 2.88. The van der Waals surface area contributed by atoms with Crippen molar-refractivity contribution < 1.29 is 9.16 Å². The van der Waals surface area contributed by atoms with Crippen molar-refractivity contribution in [2.75, 3.05) is 27.7 Å². The molecule has 2 aromatic carbocycles. The maximum absolute atomic E-state index is 6.61. The smallest absolute Gasteiger partial charge is 0.250 e. The fourth-order valence-corrected chi connectivity index (χ4v) is 6.13. The van der Waals surface area contributed by atoms with Gasteiger partial charge in [-0.1, -0.05) is 20.8 Å². The minimum Gasteiger partial charge on any atom is -0.543 e. The maximum atomic E-state index is 6.61. The summed E-state index contributed by atoms with van der Waals surface area (Å²) in [6.45, 7) is 13.4. The monoisotopic (exact) mass is 468 g/mol. The van der Waals surface area contributed by atoms with Crippen LogP contribution in [0, 0.1) is 0 Å². The molecule has 172 valence electrons. The quantitative estimate of drug-likeness (QED) is 0.369. The summed E-state index contributed by atoms with van der Waals surface area (Å²) < 4.78 is 14.7. The summed E-state index contributed by atoms with van der Waals surface area (Å²) in [7, 11) is 4.14. The number of methoxy groups -OCH3 is 1. The van der Waals surface area contributed by atoms with Gasteiger partial charge in [0.25, 0.3) is 0 Å². The van der Waals surface area contributed by atoms with Gasteiger partial charge in [0, 0.05) is 40.2 Å². The number of nitrogens with zero attached hydrogens (tertiary/aromatic N) is 2. The van der Waals surface area contributed by atoms with Crippen LogP contribution >= 0.6 is 11.8 Å². The van der Waals surface area contributed by atoms with E-state index in [1.807, 2.05) is 11.8 Å². The average molecular weight is 469 g/mol. The normalized spacial score (nSPS) is 13.9. The van der Waals surface area contributed by atoms with E-state index in [2.05, 4.69) is 93.8 Å². The number of fused-ring (bicyclic) bond motifs is 5. The van der Waals surface area contributed by atoms with Gasteiger partial charge in [-0.25, -0.2) is 0 Å². The second kappa shape index (κ2) is 8.47. The Morgan fingerprint density at radius 3 is 2.44 bits per heavy atom. The number of benzene rings is 2. The minimum absolute atomic E-state index is 0.181. The Kier molecular flexibility index (Phi) is 6.16. The summed E-state index contributed by atoms with van der Waals surface area (Å²) in [6, 6.07) is 13.2. The zero-order chi connectivity index (χ0) is 23.3. The van der Waals surface area contributed by atoms with E-state index >= 15 is 0 Å². The molecule has 0 N–H and O–H groups in total. The first-order chi connectivity index (χ1) is 15.0. The number of ether oxygens (including phenoxy) is 1. The fraction of sp³-hybridized carbons (Fsp3) is 0.462. The Hall–Kier alpha value is -1.89. The van der Waals surface area contributed by atoms with Gasteiger partial charge in [-0.05, 0) is 74.2 Å². The van der Waals surface area contributed by atoms with Gasteiger partial charge in [0.2, 0.25) is 8.32 Å². The van der Waals surface area contributed by atoms with Gasteiger partial charge < -0.3 is 18.6 Å². The molecule has 2 heterocycles. The molecule has 0 radical (unpaired) electrons. The number of rotatable bonds is 6. The SMILES string of the molecule is COc1ccc2c(c1)c1c(n2CCN(C)C)-c2ccc(O[Si](C)(C)C(C)(C)C)cc2SC1. The third kappa shape index (κ3) is 4.20. The Morgan fingerprint density at radius 1 is 1.06 bits per heavy atom. The first-order valence-corrected chi connectivity index (χ1v) is 15.2. The molecule has 0 bridgehead atoms. The first kappa shape index (κ1) is 23.3. The highest BCUT2D eigenvalue weighted by molar-refractivity contribution is 7.98. The molecule has 4 rings (SSSR count). The average Bonchev–Trinajstić information content (AvgIpc) is 3.04. The Labute approximate surface area is 198 Å². The van der Waals surface area contributed by atoms with E-state index in [0.29, 0.717) is 0 Å². The highest BCUT2D eigenvalue weighted by Crippen LogP contribution is 2.48. The molecule has 0 aliphatic carbocycles. The zero-order valence-corrected chi connectivity index (χ0v) is 22.5. The van der Waals surface area contributed by atoms with Crippen LogP contribution in [0.2, 0.25) is 18.1 Å². The molecule has 0 saturated carbocycles. The van der Waals surface area contributed by atoms with E-state index in [0.717, 1.165) is 30.3 Å². The van der Waals surface area contributed by atoms with Crippen LogP contribution in [0.4, 0.5) is 0 Å². The number of hydrogen-bond donors (Lipinski definition) is 0. The second-order valence-electron chi connectivity index (χ2n) is 10.5. The van der Waals surface area contributed by atoms with Crippen molar-refractivity contribution in [1.29, 1.82) is 0 Å². The number of thioether (sulfide) groups is 1. The van der Waals surface area contributed by atoms with Crippen molar-refractivity contribution in [3.8, 4) is 22.8 Å². The van der Waals surface area contributed by atoms with Gasteiger partial charge in [0.05, 0.1) is 12.8 Å². The molecule has 4 nitrogen and oxygen atoms in total. The predicted molar refractivity (Wildman–Crippen MR) is 140 cm³/mol. The van der Waals surface area contributed by atoms with Gasteiger partial charge in [0.1, 0.15) is 11.5 Å². The molecule has 1 aromatic heterocycles. The molecule has 0 amide bonds. The minimum atomic E-state index is -1.87. The van der Waals surface area contributed by atoms with Crippen LogP contribution < -0.4 is 9.16 Å². The summed E-state index contributed by atoms with van der Waals surface area (Å²) in [5.41, 5.74) is 5.36. The lowest BCUT2D eigenvalue weighted by molar-refractivity contribution is 0.387. The topological polar surface area (TPSA) is 26.6 Å². The zero-order valence-electron chi connectivity index (χ0n) is 20.7. The van der Waals surface area contributed by atoms with Crippen molar-refractivity contribution in [3.63, 3.8) is 0 Å². The Balaban J connectivity index is 1.81. The number of hydrogen-bond acceptors (Lipinski definition) is 4. The molecule has 1 aliphatic rings. The molecule has 0 spiro atoms. The molecule has 1 aliphatic heterocycles. The number of aromatic nitrogens is 1. The second-order valence-corrected chi connectivity index (χ2v) is 16.2. The van der Waals surface area contributed by atoms with Crippen LogP contribution in [0.15, 0.2) is 41.3 Å². The molecule has 3 aromatic rings. The van der Waals surface area contributed by atoms with Gasteiger partial charge >= 0.3 is 0 Å². The predicted octanol–water partition coefficient (Wildman–Crippen LogP) is 6.87. The first-order valence-electron chi connectivity index (χ1n) is 11.3. The lowest BCUT2D eigenvalue weighted by Gasteiger charge is -2.36. The summed E-state index contributed by atoms with van der Waals surface area (Å²) in [5, 5.41) is 1.48. The maximum Gasteiger partial charge on any atom is 0.250 e. The van der Waals surface area contributed by atoms with E-state index < -0.39 is 8.32 Å². The van der Waals surface area contributed by atoms with Gasteiger partial charge in [-0.3, -0.25) is 0 Å². The molecule has 0 saturated heterocycles. The standard InChI is InChI=1S/C26H36N2O2SSi/c1-26(2,3)32(7,8)30-19-9-11-20-24(16-19)31-17-22-21-15-18(29-6)10-12-23(21)28(25(20)22)14-13-27(4)5/h9-12,15-16H,13-14,17H2,1-8H3. The molecular weight excluding hydrogens is 432 g/mol. The van der Waals surface area contributed by atoms with Crippen molar-refractivity contribution in [2.45, 2.75) is 56.1 Å². The van der Waals surface area contributed by atoms with Crippen molar-refractivity contribution in [1.82, 2.24) is 9.47 Å². The third-order valence-electron chi connectivity index (χ3n) is 6.91. The lowest BCUT2D eigenvalue weighted by atomic mass is 10.1. The van der Waals surface area contributed by atoms with Crippen LogP contribution in [0.3, 0.4) is 0 Å². The highest BCUT2D eigenvalue weighted by atomic mass is 32.2. The fourth-order valence-electron chi connectivity index (χ4n) is 4.00. The molecule has 0 fully saturated rings. The Bertz CT molecular complexity index is 1140. The summed E-state index contributed by atoms with van der Waals surface area (Å²) in [6.07, 6.45) is 0. The van der Waals surface area contributed by atoms with E-state index in [1.165, 1.54) is 32.6 Å². The largest absolute Gasteiger partial charge is 0.543 e. The van der Waals surface area contributed by atoms with E-state index in [-0.39, 0.29) is 5.04 Å². The molecule has 0 unspecified atom stereocenters. The van der Waals surface area contributed by atoms with Crippen molar-refractivity contribution in [2.24, 2.45) is 0 Å². The molecule has 0 atom stereocenters. The highest BCUT2D eigenvalue weighted by Gasteiger charge is 2.39. The molecular formula is C26H36N2O2SSi. The van der Waals surface area contributed by atoms with E-state index in [4.69, 9.17) is 9.16 Å². The molecule has 32 heavy (non-hydrogen) atoms. The lowest BCUT2D eigenvalue weighted by Crippen LogP contribution is -2.43.